The second-order valence-electron chi connectivity index (χ2n) is 10.3. The summed E-state index contributed by atoms with van der Waals surface area (Å²) in [7, 11) is 0.767. The van der Waals surface area contributed by atoms with Gasteiger partial charge in [-0.05, 0) is 82.9 Å². The van der Waals surface area contributed by atoms with Crippen molar-refractivity contribution in [2.75, 3.05) is 46.9 Å². The van der Waals surface area contributed by atoms with E-state index in [1.165, 1.54) is 6.42 Å². The van der Waals surface area contributed by atoms with Crippen molar-refractivity contribution in [3.63, 3.8) is 0 Å². The molecule has 10 heteroatoms. The standard InChI is InChI=1S/C24H35ClN4O4S/c1-26-11-8-19(15-26)27(2)18-9-12-28(13-10-18)24(30)33-16-20-4-3-5-22-21-14-17(25)6-7-23(21)34(31,32)29(20)22/h6-7,14,18-20,22H,3-5,8-13,15-16H2,1-2H3/t19?,20-,22+/m1/s1. The molecule has 0 aliphatic carbocycles. The number of hydrogen-bond acceptors (Lipinski definition) is 6. The molecule has 4 aliphatic heterocycles. The molecule has 188 valence electrons. The third-order valence-electron chi connectivity index (χ3n) is 8.21. The van der Waals surface area contributed by atoms with Crippen molar-refractivity contribution >= 4 is 27.7 Å². The summed E-state index contributed by atoms with van der Waals surface area (Å²) in [6, 6.07) is 5.49. The van der Waals surface area contributed by atoms with Crippen molar-refractivity contribution in [3.05, 3.63) is 28.8 Å². The molecule has 0 spiro atoms. The number of likely N-dealkylation sites (tertiary alicyclic amines) is 2. The average Bonchev–Trinajstić information content (AvgIpc) is 3.36. The lowest BCUT2D eigenvalue weighted by atomic mass is 9.94. The van der Waals surface area contributed by atoms with Crippen LogP contribution in [0.4, 0.5) is 4.79 Å². The Morgan fingerprint density at radius 1 is 1.12 bits per heavy atom. The van der Waals surface area contributed by atoms with E-state index in [2.05, 4.69) is 23.9 Å². The highest BCUT2D eigenvalue weighted by molar-refractivity contribution is 7.89. The van der Waals surface area contributed by atoms with Crippen LogP contribution < -0.4 is 0 Å². The predicted octanol–water partition coefficient (Wildman–Crippen LogP) is 3.17. The van der Waals surface area contributed by atoms with Gasteiger partial charge in [-0.1, -0.05) is 11.6 Å². The average molecular weight is 511 g/mol. The molecule has 0 aromatic heterocycles. The summed E-state index contributed by atoms with van der Waals surface area (Å²) in [5.41, 5.74) is 0.767. The molecule has 5 rings (SSSR count). The summed E-state index contributed by atoms with van der Waals surface area (Å²) in [6.07, 6.45) is 5.08. The molecule has 0 saturated carbocycles. The molecule has 0 N–H and O–H groups in total. The molecule has 3 atom stereocenters. The highest BCUT2D eigenvalue weighted by Crippen LogP contribution is 2.47. The number of sulfonamides is 1. The molecule has 0 radical (unpaired) electrons. The van der Waals surface area contributed by atoms with E-state index in [1.54, 1.807) is 27.4 Å². The Morgan fingerprint density at radius 3 is 2.56 bits per heavy atom. The number of piperidine rings is 2. The van der Waals surface area contributed by atoms with E-state index in [0.717, 1.165) is 44.3 Å². The van der Waals surface area contributed by atoms with Crippen LogP contribution in [0.15, 0.2) is 23.1 Å². The molecule has 3 fully saturated rings. The monoisotopic (exact) mass is 510 g/mol. The second-order valence-corrected chi connectivity index (χ2v) is 12.5. The van der Waals surface area contributed by atoms with Crippen LogP contribution in [0.3, 0.4) is 0 Å². The highest BCUT2D eigenvalue weighted by atomic mass is 35.5. The van der Waals surface area contributed by atoms with Crippen LogP contribution >= 0.6 is 11.6 Å². The lowest BCUT2D eigenvalue weighted by Gasteiger charge is -2.39. The lowest BCUT2D eigenvalue weighted by Crippen LogP contribution is -2.50. The Labute approximate surface area is 207 Å². The number of carbonyl (C=O) groups is 1. The van der Waals surface area contributed by atoms with Crippen LogP contribution in [0.1, 0.15) is 50.1 Å². The predicted molar refractivity (Wildman–Crippen MR) is 130 cm³/mol. The summed E-state index contributed by atoms with van der Waals surface area (Å²) >= 11 is 6.15. The van der Waals surface area contributed by atoms with Crippen molar-refractivity contribution in [1.29, 1.82) is 0 Å². The number of nitrogens with zero attached hydrogens (tertiary/aromatic N) is 4. The Morgan fingerprint density at radius 2 is 1.85 bits per heavy atom. The van der Waals surface area contributed by atoms with Gasteiger partial charge in [0.05, 0.1) is 17.0 Å². The lowest BCUT2D eigenvalue weighted by molar-refractivity contribution is 0.0473. The Kier molecular flexibility index (Phi) is 6.85. The third-order valence-corrected chi connectivity index (χ3v) is 10.5. The fraction of sp³-hybridized carbons (Fsp3) is 0.708. The number of rotatable bonds is 4. The summed E-state index contributed by atoms with van der Waals surface area (Å²) in [4.78, 5) is 19.8. The van der Waals surface area contributed by atoms with Crippen LogP contribution in [0.2, 0.25) is 5.02 Å². The van der Waals surface area contributed by atoms with Crippen LogP contribution in [0.5, 0.6) is 0 Å². The third kappa shape index (κ3) is 4.46. The molecule has 4 heterocycles. The van der Waals surface area contributed by atoms with E-state index < -0.39 is 10.0 Å². The summed E-state index contributed by atoms with van der Waals surface area (Å²) in [5.74, 6) is 0. The van der Waals surface area contributed by atoms with E-state index in [-0.39, 0.29) is 24.8 Å². The van der Waals surface area contributed by atoms with Gasteiger partial charge in [0.15, 0.2) is 0 Å². The van der Waals surface area contributed by atoms with Crippen molar-refractivity contribution in [1.82, 2.24) is 19.0 Å². The minimum atomic E-state index is -3.61. The van der Waals surface area contributed by atoms with E-state index in [1.807, 2.05) is 0 Å². The quantitative estimate of drug-likeness (QED) is 0.619. The fourth-order valence-electron chi connectivity index (χ4n) is 6.25. The molecule has 1 amide bonds. The maximum Gasteiger partial charge on any atom is 0.409 e. The van der Waals surface area contributed by atoms with Gasteiger partial charge in [0.1, 0.15) is 6.61 Å². The number of amides is 1. The van der Waals surface area contributed by atoms with Gasteiger partial charge in [-0.2, -0.15) is 4.31 Å². The minimum absolute atomic E-state index is 0.0878. The smallest absolute Gasteiger partial charge is 0.409 e. The zero-order valence-electron chi connectivity index (χ0n) is 20.0. The maximum absolute atomic E-state index is 13.2. The number of hydrogen-bond donors (Lipinski definition) is 0. The summed E-state index contributed by atoms with van der Waals surface area (Å²) in [5, 5.41) is 0.540. The number of fused-ring (bicyclic) bond motifs is 3. The van der Waals surface area contributed by atoms with Gasteiger partial charge in [-0.3, -0.25) is 4.90 Å². The van der Waals surface area contributed by atoms with Gasteiger partial charge in [0.2, 0.25) is 10.0 Å². The first-order chi connectivity index (χ1) is 16.3. The first kappa shape index (κ1) is 24.3. The summed E-state index contributed by atoms with van der Waals surface area (Å²) < 4.78 is 33.7. The Balaban J connectivity index is 1.16. The van der Waals surface area contributed by atoms with Crippen molar-refractivity contribution in [2.45, 2.75) is 67.6 Å². The van der Waals surface area contributed by atoms with Gasteiger partial charge in [0, 0.05) is 36.7 Å². The minimum Gasteiger partial charge on any atom is -0.448 e. The first-order valence-electron chi connectivity index (χ1n) is 12.4. The number of halogens is 1. The van der Waals surface area contributed by atoms with Gasteiger partial charge < -0.3 is 14.5 Å². The van der Waals surface area contributed by atoms with Gasteiger partial charge in [-0.25, -0.2) is 13.2 Å². The largest absolute Gasteiger partial charge is 0.448 e. The molecule has 1 aromatic carbocycles. The van der Waals surface area contributed by atoms with Crippen LogP contribution in [-0.2, 0) is 14.8 Å². The first-order valence-corrected chi connectivity index (χ1v) is 14.2. The topological polar surface area (TPSA) is 73.4 Å². The number of ether oxygens (including phenoxy) is 1. The van der Waals surface area contributed by atoms with Gasteiger partial charge >= 0.3 is 6.09 Å². The van der Waals surface area contributed by atoms with Crippen molar-refractivity contribution in [3.8, 4) is 0 Å². The summed E-state index contributed by atoms with van der Waals surface area (Å²) in [6.45, 7) is 3.69. The maximum atomic E-state index is 13.2. The van der Waals surface area contributed by atoms with Crippen molar-refractivity contribution < 1.29 is 17.9 Å². The Hall–Kier alpha value is -1.39. The number of likely N-dealkylation sites (N-methyl/N-ethyl adjacent to an activating group) is 2. The van der Waals surface area contributed by atoms with E-state index in [0.29, 0.717) is 41.5 Å². The van der Waals surface area contributed by atoms with Gasteiger partial charge in [-0.15, -0.1) is 0 Å². The molecule has 0 bridgehead atoms. The van der Waals surface area contributed by atoms with E-state index in [9.17, 15) is 13.2 Å². The van der Waals surface area contributed by atoms with Crippen molar-refractivity contribution in [2.24, 2.45) is 0 Å². The van der Waals surface area contributed by atoms with E-state index in [4.69, 9.17) is 16.3 Å². The zero-order chi connectivity index (χ0) is 24.0. The number of carbonyl (C=O) groups excluding carboxylic acids is 1. The van der Waals surface area contributed by atoms with Gasteiger partial charge in [0.25, 0.3) is 0 Å². The number of benzene rings is 1. The Bertz CT molecular complexity index is 1030. The molecular weight excluding hydrogens is 476 g/mol. The molecule has 1 unspecified atom stereocenters. The zero-order valence-corrected chi connectivity index (χ0v) is 21.6. The van der Waals surface area contributed by atoms with Crippen LogP contribution in [0.25, 0.3) is 0 Å². The molecule has 8 nitrogen and oxygen atoms in total. The molecule has 3 saturated heterocycles. The van der Waals surface area contributed by atoms with Crippen LogP contribution in [0, 0.1) is 0 Å². The molecule has 1 aromatic rings. The molecule has 4 aliphatic rings. The van der Waals surface area contributed by atoms with E-state index >= 15 is 0 Å². The second kappa shape index (κ2) is 9.58. The fourth-order valence-corrected chi connectivity index (χ4v) is 8.51. The molecule has 34 heavy (non-hydrogen) atoms. The van der Waals surface area contributed by atoms with Crippen LogP contribution in [-0.4, -0.2) is 98.5 Å². The normalized spacial score (nSPS) is 29.9. The highest BCUT2D eigenvalue weighted by Gasteiger charge is 2.48. The SMILES string of the molecule is CN1CCC(N(C)C2CCN(C(=O)OC[C@H]3CCC[C@H]4c5cc(Cl)ccc5S(=O)(=O)N34)CC2)C1. The molecular formula is C24H35ClN4O4S.